The lowest BCUT2D eigenvalue weighted by Crippen LogP contribution is -2.41. The van der Waals surface area contributed by atoms with Gasteiger partial charge in [0, 0.05) is 0 Å². The zero-order valence-electron chi connectivity index (χ0n) is 21.4. The van der Waals surface area contributed by atoms with Crippen molar-refractivity contribution < 1.29 is 14.1 Å². The average molecular weight is 471 g/mol. The van der Waals surface area contributed by atoms with Gasteiger partial charge in [-0.25, -0.2) is 9.37 Å². The van der Waals surface area contributed by atoms with Crippen molar-refractivity contribution in [2.45, 2.75) is 45.0 Å². The van der Waals surface area contributed by atoms with Crippen LogP contribution in [0.25, 0.3) is 0 Å². The van der Waals surface area contributed by atoms with Crippen molar-refractivity contribution in [1.29, 1.82) is 0 Å². The van der Waals surface area contributed by atoms with Crippen LogP contribution >= 0.6 is 0 Å². The van der Waals surface area contributed by atoms with Gasteiger partial charge in [-0.05, 0) is 37.5 Å². The highest BCUT2D eigenvalue weighted by atomic mass is 16.6. The second kappa shape index (κ2) is 10.3. The summed E-state index contributed by atoms with van der Waals surface area (Å²) in [5.74, 6) is 0.768. The number of nitrogens with zero attached hydrogens (tertiary/aromatic N) is 3. The van der Waals surface area contributed by atoms with Gasteiger partial charge in [-0.15, -0.1) is 0 Å². The molecule has 0 spiro atoms. The van der Waals surface area contributed by atoms with Crippen LogP contribution in [-0.4, -0.2) is 52.5 Å². The van der Waals surface area contributed by atoms with Crippen LogP contribution < -0.4 is 0 Å². The summed E-state index contributed by atoms with van der Waals surface area (Å²) in [4.78, 5) is 17.6. The van der Waals surface area contributed by atoms with Crippen molar-refractivity contribution in [1.82, 2.24) is 9.80 Å². The van der Waals surface area contributed by atoms with Crippen molar-refractivity contribution >= 4 is 11.9 Å². The molecule has 0 unspecified atom stereocenters. The molecule has 182 valence electrons. The summed E-state index contributed by atoms with van der Waals surface area (Å²) < 4.78 is 7.87. The van der Waals surface area contributed by atoms with E-state index in [0.29, 0.717) is 6.54 Å². The largest absolute Gasteiger partial charge is 0.458 e. The first-order valence-electron chi connectivity index (χ1n) is 12.2. The van der Waals surface area contributed by atoms with E-state index in [2.05, 4.69) is 101 Å². The van der Waals surface area contributed by atoms with Gasteiger partial charge in [-0.1, -0.05) is 91.0 Å². The van der Waals surface area contributed by atoms with Crippen molar-refractivity contribution in [3.63, 3.8) is 0 Å². The number of ether oxygens (including phenoxy) is 1. The Morgan fingerprint density at radius 1 is 0.771 bits per heavy atom. The highest BCUT2D eigenvalue weighted by Crippen LogP contribution is 2.43. The van der Waals surface area contributed by atoms with E-state index in [-0.39, 0.29) is 24.6 Å². The fourth-order valence-electron chi connectivity index (χ4n) is 5.01. The molecule has 0 radical (unpaired) electrons. The van der Waals surface area contributed by atoms with Gasteiger partial charge in [0.25, 0.3) is 0 Å². The van der Waals surface area contributed by atoms with Gasteiger partial charge >= 0.3 is 11.9 Å². The van der Waals surface area contributed by atoms with Crippen molar-refractivity contribution in [2.24, 2.45) is 0 Å². The lowest BCUT2D eigenvalue weighted by atomic mass is 9.93. The Morgan fingerprint density at radius 2 is 1.20 bits per heavy atom. The molecule has 0 saturated carbocycles. The molecule has 5 heteroatoms. The van der Waals surface area contributed by atoms with Crippen LogP contribution in [0.5, 0.6) is 0 Å². The van der Waals surface area contributed by atoms with Gasteiger partial charge in [0.1, 0.15) is 17.7 Å². The Kier molecular flexibility index (Phi) is 7.25. The first-order valence-corrected chi connectivity index (χ1v) is 12.2. The highest BCUT2D eigenvalue weighted by Gasteiger charge is 2.50. The first kappa shape index (κ1) is 24.5. The minimum atomic E-state index is -0.535. The minimum absolute atomic E-state index is 0.0931. The molecule has 0 bridgehead atoms. The van der Waals surface area contributed by atoms with E-state index in [1.165, 1.54) is 11.1 Å². The van der Waals surface area contributed by atoms with Crippen LogP contribution in [0, 0.1) is 0 Å². The van der Waals surface area contributed by atoms with E-state index in [4.69, 9.17) is 4.74 Å². The Morgan fingerprint density at radius 3 is 1.63 bits per heavy atom. The molecule has 1 heterocycles. The molecule has 1 saturated heterocycles. The molecule has 0 aromatic heterocycles. The van der Waals surface area contributed by atoms with Crippen LogP contribution in [0.2, 0.25) is 0 Å². The third kappa shape index (κ3) is 5.73. The predicted octanol–water partition coefficient (Wildman–Crippen LogP) is 5.26. The Balaban J connectivity index is 1.82. The van der Waals surface area contributed by atoms with Crippen molar-refractivity contribution in [3.05, 3.63) is 108 Å². The molecule has 1 fully saturated rings. The number of guanidine groups is 1. The maximum absolute atomic E-state index is 13.0. The van der Waals surface area contributed by atoms with Crippen molar-refractivity contribution in [3.8, 4) is 0 Å². The number of hydrogen-bond donors (Lipinski definition) is 0. The lowest BCUT2D eigenvalue weighted by Gasteiger charge is -2.22. The van der Waals surface area contributed by atoms with Gasteiger partial charge in [0.2, 0.25) is 0 Å². The second-order valence-electron chi connectivity index (χ2n) is 10.2. The molecule has 35 heavy (non-hydrogen) atoms. The number of rotatable bonds is 6. The third-order valence-electron chi connectivity index (χ3n) is 6.29. The van der Waals surface area contributed by atoms with Gasteiger partial charge in [-0.2, -0.15) is 0 Å². The topological polar surface area (TPSA) is 35.8 Å². The third-order valence-corrected chi connectivity index (χ3v) is 6.29. The SMILES string of the molecule is CN1C(=[N+](CC(=O)OC(C)(C)C)Cc2ccccc2)N(C)[C@H](c2ccccc2)[C@H]1c1ccccc1. The summed E-state index contributed by atoms with van der Waals surface area (Å²) in [6.45, 7) is 6.49. The molecule has 5 nitrogen and oxygen atoms in total. The first-order chi connectivity index (χ1) is 16.7. The number of likely N-dealkylation sites (N-methyl/N-ethyl adjacent to an activating group) is 2. The molecule has 1 aliphatic rings. The predicted molar refractivity (Wildman–Crippen MR) is 140 cm³/mol. The van der Waals surface area contributed by atoms with E-state index >= 15 is 0 Å². The molecule has 3 aromatic rings. The van der Waals surface area contributed by atoms with Crippen LogP contribution in [0.4, 0.5) is 0 Å². The monoisotopic (exact) mass is 470 g/mol. The van der Waals surface area contributed by atoms with Crippen molar-refractivity contribution in [2.75, 3.05) is 20.6 Å². The average Bonchev–Trinajstić information content (AvgIpc) is 3.09. The molecule has 2 atom stereocenters. The summed E-state index contributed by atoms with van der Waals surface area (Å²) in [6.07, 6.45) is 0. The standard InChI is InChI=1S/C30H36N3O2/c1-30(2,3)35-26(34)22-33(21-23-15-9-6-10-16-23)29-31(4)27(24-17-11-7-12-18-24)28(32(29)5)25-19-13-8-14-20-25/h6-20,27-28H,21-22H2,1-5H3/q+1/t27-,28-/m1/s1. The lowest BCUT2D eigenvalue weighted by molar-refractivity contribution is -0.543. The highest BCUT2D eigenvalue weighted by molar-refractivity contribution is 5.80. The minimum Gasteiger partial charge on any atom is -0.458 e. The smallest absolute Gasteiger partial charge is 0.352 e. The van der Waals surface area contributed by atoms with Gasteiger partial charge in [0.15, 0.2) is 6.54 Å². The molecule has 1 aliphatic heterocycles. The maximum atomic E-state index is 13.0. The van der Waals surface area contributed by atoms with Gasteiger partial charge in [0.05, 0.1) is 20.6 Å². The maximum Gasteiger partial charge on any atom is 0.352 e. The van der Waals surface area contributed by atoms with E-state index in [0.717, 1.165) is 11.5 Å². The van der Waals surface area contributed by atoms with Crippen LogP contribution in [-0.2, 0) is 16.1 Å². The van der Waals surface area contributed by atoms with Gasteiger partial charge in [-0.3, -0.25) is 9.80 Å². The summed E-state index contributed by atoms with van der Waals surface area (Å²) in [5.41, 5.74) is 3.09. The van der Waals surface area contributed by atoms with Crippen LogP contribution in [0.1, 0.15) is 49.5 Å². The van der Waals surface area contributed by atoms with E-state index in [1.54, 1.807) is 0 Å². The van der Waals surface area contributed by atoms with E-state index in [1.807, 2.05) is 39.0 Å². The number of benzene rings is 3. The Bertz CT molecular complexity index is 1100. The molecule has 3 aromatic carbocycles. The molecule has 0 aliphatic carbocycles. The summed E-state index contributed by atoms with van der Waals surface area (Å²) in [6, 6.07) is 31.7. The Hall–Kier alpha value is -3.60. The fourth-order valence-corrected chi connectivity index (χ4v) is 5.01. The molecular formula is C30H36N3O2+. The molecular weight excluding hydrogens is 434 g/mol. The number of carbonyl (C=O) groups is 1. The molecule has 0 amide bonds. The zero-order valence-corrected chi connectivity index (χ0v) is 21.4. The Labute approximate surface area is 209 Å². The zero-order chi connectivity index (χ0) is 25.0. The summed E-state index contributed by atoms with van der Waals surface area (Å²) in [7, 11) is 4.25. The van der Waals surface area contributed by atoms with Crippen LogP contribution in [0.15, 0.2) is 91.0 Å². The quantitative estimate of drug-likeness (QED) is 0.364. The van der Waals surface area contributed by atoms with E-state index < -0.39 is 5.60 Å². The fraction of sp³-hybridized carbons (Fsp3) is 0.333. The second-order valence-corrected chi connectivity index (χ2v) is 10.2. The normalized spacial score (nSPS) is 18.0. The van der Waals surface area contributed by atoms with Crippen LogP contribution in [0.3, 0.4) is 0 Å². The summed E-state index contributed by atoms with van der Waals surface area (Å²) in [5, 5.41) is 0. The van der Waals surface area contributed by atoms with E-state index in [9.17, 15) is 4.79 Å². The number of hydrogen-bond acceptors (Lipinski definition) is 2. The van der Waals surface area contributed by atoms with Gasteiger partial charge < -0.3 is 4.74 Å². The number of esters is 1. The summed E-state index contributed by atoms with van der Waals surface area (Å²) >= 11 is 0. The molecule has 0 N–H and O–H groups in total. The molecule has 4 rings (SSSR count). The number of carbonyl (C=O) groups excluding carboxylic acids is 1.